The van der Waals surface area contributed by atoms with Crippen LogP contribution in [0.2, 0.25) is 0 Å². The van der Waals surface area contributed by atoms with Crippen LogP contribution in [0.15, 0.2) is 58.1 Å². The van der Waals surface area contributed by atoms with E-state index in [1.807, 2.05) is 48.5 Å². The molecular formula is C26H27N3O5S. The molecule has 1 atom stereocenters. The molecular weight excluding hydrogens is 466 g/mol. The predicted octanol–water partition coefficient (Wildman–Crippen LogP) is 5.35. The molecule has 0 N–H and O–H groups in total. The minimum absolute atomic E-state index is 0.118. The maximum absolute atomic E-state index is 12.6. The van der Waals surface area contributed by atoms with E-state index in [0.29, 0.717) is 17.9 Å². The Bertz CT molecular complexity index is 1310. The quantitative estimate of drug-likeness (QED) is 0.228. The van der Waals surface area contributed by atoms with Crippen molar-refractivity contribution in [2.24, 2.45) is 0 Å². The van der Waals surface area contributed by atoms with Crippen molar-refractivity contribution in [1.29, 1.82) is 0 Å². The van der Waals surface area contributed by atoms with Crippen molar-refractivity contribution in [3.63, 3.8) is 0 Å². The zero-order valence-corrected chi connectivity index (χ0v) is 20.5. The summed E-state index contributed by atoms with van der Waals surface area (Å²) in [6.45, 7) is 3.50. The normalized spacial score (nSPS) is 15.5. The molecule has 3 heterocycles. The Kier molecular flexibility index (Phi) is 7.06. The van der Waals surface area contributed by atoms with Crippen LogP contribution in [-0.4, -0.2) is 47.2 Å². The van der Waals surface area contributed by atoms with Crippen molar-refractivity contribution in [3.05, 3.63) is 59.9 Å². The maximum atomic E-state index is 12.6. The standard InChI is InChI=1S/C26H27N3O5S/c1-3-32-25(30)23-21(20-8-4-5-9-22(20)34-23)16-35-26-28-27-24(17-10-12-18(31-2)13-11-17)29(26)15-19-7-6-14-33-19/h4-5,8-13,19H,3,6-7,14-16H2,1-2H3/t19-/m0/s1. The lowest BCUT2D eigenvalue weighted by Crippen LogP contribution is -2.16. The zero-order valence-electron chi connectivity index (χ0n) is 19.7. The summed E-state index contributed by atoms with van der Waals surface area (Å²) >= 11 is 1.52. The largest absolute Gasteiger partial charge is 0.497 e. The van der Waals surface area contributed by atoms with Crippen molar-refractivity contribution in [2.75, 3.05) is 20.3 Å². The summed E-state index contributed by atoms with van der Waals surface area (Å²) in [5.41, 5.74) is 2.40. The summed E-state index contributed by atoms with van der Waals surface area (Å²) in [4.78, 5) is 12.6. The van der Waals surface area contributed by atoms with Gasteiger partial charge in [-0.15, -0.1) is 10.2 Å². The van der Waals surface area contributed by atoms with Crippen LogP contribution in [0, 0.1) is 0 Å². The fourth-order valence-electron chi connectivity index (χ4n) is 4.25. The van der Waals surface area contributed by atoms with Crippen molar-refractivity contribution in [2.45, 2.75) is 43.3 Å². The minimum Gasteiger partial charge on any atom is -0.497 e. The van der Waals surface area contributed by atoms with Crippen molar-refractivity contribution >= 4 is 28.7 Å². The number of hydrogen-bond acceptors (Lipinski definition) is 8. The number of carbonyl (C=O) groups excluding carboxylic acids is 1. The van der Waals surface area contributed by atoms with Crippen LogP contribution in [0.3, 0.4) is 0 Å². The molecule has 8 nitrogen and oxygen atoms in total. The molecule has 0 spiro atoms. The molecule has 0 saturated carbocycles. The van der Waals surface area contributed by atoms with Gasteiger partial charge in [0.2, 0.25) is 5.76 Å². The highest BCUT2D eigenvalue weighted by molar-refractivity contribution is 7.98. The Morgan fingerprint density at radius 1 is 1.17 bits per heavy atom. The first-order valence-electron chi connectivity index (χ1n) is 11.7. The number of para-hydroxylation sites is 1. The zero-order chi connectivity index (χ0) is 24.2. The molecule has 2 aromatic heterocycles. The Hall–Kier alpha value is -3.30. The van der Waals surface area contributed by atoms with Crippen LogP contribution in [0.5, 0.6) is 5.75 Å². The molecule has 0 bridgehead atoms. The highest BCUT2D eigenvalue weighted by Gasteiger charge is 2.25. The molecule has 1 aliphatic rings. The number of carbonyl (C=O) groups is 1. The maximum Gasteiger partial charge on any atom is 0.374 e. The van der Waals surface area contributed by atoms with Gasteiger partial charge in [-0.1, -0.05) is 30.0 Å². The van der Waals surface area contributed by atoms with Gasteiger partial charge < -0.3 is 18.6 Å². The van der Waals surface area contributed by atoms with Gasteiger partial charge >= 0.3 is 5.97 Å². The average molecular weight is 494 g/mol. The van der Waals surface area contributed by atoms with Crippen molar-refractivity contribution in [1.82, 2.24) is 14.8 Å². The van der Waals surface area contributed by atoms with Crippen molar-refractivity contribution in [3.8, 4) is 17.1 Å². The van der Waals surface area contributed by atoms with E-state index in [1.165, 1.54) is 11.8 Å². The first-order valence-corrected chi connectivity index (χ1v) is 12.7. The molecule has 0 radical (unpaired) electrons. The summed E-state index contributed by atoms with van der Waals surface area (Å²) < 4.78 is 24.4. The van der Waals surface area contributed by atoms with E-state index in [0.717, 1.165) is 52.7 Å². The monoisotopic (exact) mass is 493 g/mol. The number of rotatable bonds is 9. The number of methoxy groups -OCH3 is 1. The Morgan fingerprint density at radius 2 is 2.00 bits per heavy atom. The SMILES string of the molecule is CCOC(=O)c1oc2ccccc2c1CSc1nnc(-c2ccc(OC)cc2)n1C[C@@H]1CCCO1. The number of thioether (sulfide) groups is 1. The number of hydrogen-bond donors (Lipinski definition) is 0. The van der Waals surface area contributed by atoms with Gasteiger partial charge in [-0.25, -0.2) is 4.79 Å². The Labute approximate surface area is 207 Å². The summed E-state index contributed by atoms with van der Waals surface area (Å²) in [5, 5.41) is 10.7. The Morgan fingerprint density at radius 3 is 2.74 bits per heavy atom. The highest BCUT2D eigenvalue weighted by atomic mass is 32.2. The third kappa shape index (κ3) is 4.92. The fourth-order valence-corrected chi connectivity index (χ4v) is 5.22. The van der Waals surface area contributed by atoms with Crippen LogP contribution < -0.4 is 4.74 Å². The van der Waals surface area contributed by atoms with E-state index in [9.17, 15) is 4.79 Å². The lowest BCUT2D eigenvalue weighted by atomic mass is 10.1. The number of benzene rings is 2. The molecule has 2 aromatic carbocycles. The minimum atomic E-state index is -0.459. The molecule has 1 saturated heterocycles. The number of fused-ring (bicyclic) bond motifs is 1. The number of ether oxygens (including phenoxy) is 3. The van der Waals surface area contributed by atoms with E-state index in [4.69, 9.17) is 18.6 Å². The summed E-state index contributed by atoms with van der Waals surface area (Å²) in [6, 6.07) is 15.4. The summed E-state index contributed by atoms with van der Waals surface area (Å²) in [5.74, 6) is 1.82. The van der Waals surface area contributed by atoms with Gasteiger partial charge in [0.05, 0.1) is 26.4 Å². The van der Waals surface area contributed by atoms with Gasteiger partial charge in [0.15, 0.2) is 11.0 Å². The molecule has 1 fully saturated rings. The van der Waals surface area contributed by atoms with E-state index in [1.54, 1.807) is 14.0 Å². The third-order valence-corrected chi connectivity index (χ3v) is 6.97. The first kappa shape index (κ1) is 23.4. The van der Waals surface area contributed by atoms with Gasteiger partial charge in [0, 0.05) is 28.9 Å². The first-order chi connectivity index (χ1) is 17.2. The van der Waals surface area contributed by atoms with Crippen molar-refractivity contribution < 1.29 is 23.4 Å². The summed E-state index contributed by atoms with van der Waals surface area (Å²) in [6.07, 6.45) is 2.17. The molecule has 5 rings (SSSR count). The Balaban J connectivity index is 1.47. The lowest BCUT2D eigenvalue weighted by Gasteiger charge is -2.15. The lowest BCUT2D eigenvalue weighted by molar-refractivity contribution is 0.0491. The second kappa shape index (κ2) is 10.5. The summed E-state index contributed by atoms with van der Waals surface area (Å²) in [7, 11) is 1.65. The van der Waals surface area contributed by atoms with E-state index >= 15 is 0 Å². The van der Waals surface area contributed by atoms with Gasteiger partial charge in [0.1, 0.15) is 11.3 Å². The van der Waals surface area contributed by atoms with E-state index in [-0.39, 0.29) is 18.5 Å². The van der Waals surface area contributed by atoms with E-state index < -0.39 is 5.97 Å². The molecule has 182 valence electrons. The second-order valence-corrected chi connectivity index (χ2v) is 9.14. The van der Waals surface area contributed by atoms with Gasteiger partial charge in [0.25, 0.3) is 0 Å². The van der Waals surface area contributed by atoms with Crippen LogP contribution in [0.4, 0.5) is 0 Å². The smallest absolute Gasteiger partial charge is 0.374 e. The van der Waals surface area contributed by atoms with Crippen LogP contribution >= 0.6 is 11.8 Å². The third-order valence-electron chi connectivity index (χ3n) is 5.98. The van der Waals surface area contributed by atoms with Crippen LogP contribution in [-0.2, 0) is 21.8 Å². The molecule has 1 aliphatic heterocycles. The number of nitrogens with zero attached hydrogens (tertiary/aromatic N) is 3. The number of esters is 1. The van der Waals surface area contributed by atoms with Gasteiger partial charge in [-0.2, -0.15) is 0 Å². The number of furan rings is 1. The topological polar surface area (TPSA) is 88.6 Å². The molecule has 35 heavy (non-hydrogen) atoms. The van der Waals surface area contributed by atoms with Crippen LogP contribution in [0.25, 0.3) is 22.4 Å². The van der Waals surface area contributed by atoms with Gasteiger partial charge in [-0.05, 0) is 50.1 Å². The average Bonchev–Trinajstić information content (AvgIpc) is 3.62. The number of aromatic nitrogens is 3. The molecule has 0 unspecified atom stereocenters. The molecule has 0 aliphatic carbocycles. The van der Waals surface area contributed by atoms with Gasteiger partial charge in [-0.3, -0.25) is 4.57 Å². The fraction of sp³-hybridized carbons (Fsp3) is 0.346. The molecule has 4 aromatic rings. The van der Waals surface area contributed by atoms with Crippen LogP contribution in [0.1, 0.15) is 35.9 Å². The highest BCUT2D eigenvalue weighted by Crippen LogP contribution is 2.34. The molecule has 0 amide bonds. The van der Waals surface area contributed by atoms with E-state index in [2.05, 4.69) is 14.8 Å². The predicted molar refractivity (Wildman–Crippen MR) is 133 cm³/mol. The second-order valence-electron chi connectivity index (χ2n) is 8.20. The molecule has 9 heteroatoms.